The molecule has 0 bridgehead atoms. The zero-order valence-electron chi connectivity index (χ0n) is 15.4. The lowest BCUT2D eigenvalue weighted by atomic mass is 10.0. The highest BCUT2D eigenvalue weighted by atomic mass is 32.1. The molecule has 0 atom stereocenters. The van der Waals surface area contributed by atoms with Gasteiger partial charge in [-0.1, -0.05) is 30.3 Å². The Kier molecular flexibility index (Phi) is 4.95. The fraction of sp³-hybridized carbons (Fsp3) is 0.300. The Morgan fingerprint density at radius 1 is 1.18 bits per heavy atom. The third kappa shape index (κ3) is 3.55. The van der Waals surface area contributed by atoms with E-state index in [-0.39, 0.29) is 17.5 Å². The number of carbonyl (C=O) groups is 2. The Labute approximate surface area is 166 Å². The summed E-state index contributed by atoms with van der Waals surface area (Å²) < 4.78 is 1.71. The van der Waals surface area contributed by atoms with Gasteiger partial charge in [0.1, 0.15) is 9.88 Å². The molecular weight excluding hydrogens is 376 g/mol. The van der Waals surface area contributed by atoms with Crippen LogP contribution in [0.4, 0.5) is 0 Å². The van der Waals surface area contributed by atoms with E-state index in [4.69, 9.17) is 5.11 Å². The van der Waals surface area contributed by atoms with Crippen LogP contribution >= 0.6 is 11.3 Å². The largest absolute Gasteiger partial charge is 0.478 e. The Bertz CT molecular complexity index is 1000. The molecule has 1 saturated heterocycles. The highest BCUT2D eigenvalue weighted by molar-refractivity contribution is 7.17. The van der Waals surface area contributed by atoms with Crippen LogP contribution in [0, 0.1) is 6.92 Å². The van der Waals surface area contributed by atoms with Crippen molar-refractivity contribution in [2.75, 3.05) is 13.1 Å². The average molecular weight is 396 g/mol. The summed E-state index contributed by atoms with van der Waals surface area (Å²) in [5.41, 5.74) is 1.96. The molecular formula is C20H20N4O3S. The lowest BCUT2D eigenvalue weighted by molar-refractivity contribution is 0.0691. The van der Waals surface area contributed by atoms with Crippen molar-refractivity contribution in [2.24, 2.45) is 0 Å². The van der Waals surface area contributed by atoms with Gasteiger partial charge < -0.3 is 10.0 Å². The molecule has 1 fully saturated rings. The number of benzene rings is 1. The molecule has 8 heteroatoms. The van der Waals surface area contributed by atoms with E-state index in [1.165, 1.54) is 17.5 Å². The summed E-state index contributed by atoms with van der Waals surface area (Å²) in [4.78, 5) is 31.1. The van der Waals surface area contributed by atoms with Gasteiger partial charge in [0.25, 0.3) is 5.91 Å². The van der Waals surface area contributed by atoms with E-state index in [0.717, 1.165) is 29.1 Å². The summed E-state index contributed by atoms with van der Waals surface area (Å²) in [6.07, 6.45) is 4.42. The third-order valence-corrected chi connectivity index (χ3v) is 6.18. The number of carboxylic acid groups (broad SMARTS) is 1. The van der Waals surface area contributed by atoms with Crippen LogP contribution in [0.25, 0.3) is 10.6 Å². The number of rotatable bonds is 4. The SMILES string of the molecule is Cc1nc(-c2ccccc2)sc1C(=O)N1CCC(n2cc(C(=O)O)cn2)CC1. The summed E-state index contributed by atoms with van der Waals surface area (Å²) >= 11 is 1.43. The second-order valence-electron chi connectivity index (χ2n) is 6.84. The van der Waals surface area contributed by atoms with Gasteiger partial charge in [-0.05, 0) is 19.8 Å². The van der Waals surface area contributed by atoms with Crippen LogP contribution < -0.4 is 0 Å². The fourth-order valence-electron chi connectivity index (χ4n) is 3.42. The maximum atomic E-state index is 13.0. The zero-order valence-corrected chi connectivity index (χ0v) is 16.2. The second kappa shape index (κ2) is 7.55. The van der Waals surface area contributed by atoms with Gasteiger partial charge in [0.05, 0.1) is 23.5 Å². The van der Waals surface area contributed by atoms with Gasteiger partial charge in [0.15, 0.2) is 0 Å². The van der Waals surface area contributed by atoms with E-state index >= 15 is 0 Å². The van der Waals surface area contributed by atoms with Crippen LogP contribution in [0.3, 0.4) is 0 Å². The molecule has 144 valence electrons. The second-order valence-corrected chi connectivity index (χ2v) is 7.84. The Balaban J connectivity index is 1.44. The molecule has 28 heavy (non-hydrogen) atoms. The smallest absolute Gasteiger partial charge is 0.338 e. The number of piperidine rings is 1. The molecule has 0 spiro atoms. The maximum Gasteiger partial charge on any atom is 0.338 e. The number of nitrogens with zero attached hydrogens (tertiary/aromatic N) is 4. The minimum absolute atomic E-state index is 0.0160. The highest BCUT2D eigenvalue weighted by Crippen LogP contribution is 2.30. The Morgan fingerprint density at radius 3 is 2.54 bits per heavy atom. The first kappa shape index (κ1) is 18.4. The molecule has 4 rings (SSSR count). The van der Waals surface area contributed by atoms with E-state index < -0.39 is 5.97 Å². The molecule has 0 aliphatic carbocycles. The van der Waals surface area contributed by atoms with Crippen LogP contribution in [0.1, 0.15) is 44.6 Å². The number of carboxylic acids is 1. The van der Waals surface area contributed by atoms with Crippen molar-refractivity contribution in [3.63, 3.8) is 0 Å². The molecule has 3 aromatic rings. The van der Waals surface area contributed by atoms with Gasteiger partial charge in [-0.15, -0.1) is 11.3 Å². The zero-order chi connectivity index (χ0) is 19.7. The molecule has 2 aromatic heterocycles. The first-order chi connectivity index (χ1) is 13.5. The Morgan fingerprint density at radius 2 is 1.89 bits per heavy atom. The van der Waals surface area contributed by atoms with Crippen LogP contribution in [0.2, 0.25) is 0 Å². The third-order valence-electron chi connectivity index (χ3n) is 4.99. The number of thiazole rings is 1. The molecule has 0 saturated carbocycles. The van der Waals surface area contributed by atoms with Gasteiger partial charge in [-0.2, -0.15) is 5.10 Å². The summed E-state index contributed by atoms with van der Waals surface area (Å²) in [6, 6.07) is 9.98. The van der Waals surface area contributed by atoms with Crippen molar-refractivity contribution in [3.8, 4) is 10.6 Å². The van der Waals surface area contributed by atoms with Crippen molar-refractivity contribution in [1.29, 1.82) is 0 Å². The lowest BCUT2D eigenvalue weighted by Crippen LogP contribution is -2.39. The molecule has 1 aliphatic rings. The first-order valence-corrected chi connectivity index (χ1v) is 9.94. The normalized spacial score (nSPS) is 15.0. The molecule has 7 nitrogen and oxygen atoms in total. The maximum absolute atomic E-state index is 13.0. The molecule has 1 N–H and O–H groups in total. The van der Waals surface area contributed by atoms with Crippen molar-refractivity contribution < 1.29 is 14.7 Å². The summed E-state index contributed by atoms with van der Waals surface area (Å²) in [7, 11) is 0. The van der Waals surface area contributed by atoms with E-state index in [2.05, 4.69) is 10.1 Å². The van der Waals surface area contributed by atoms with E-state index in [1.807, 2.05) is 42.2 Å². The standard InChI is InChI=1S/C20H20N4O3S/c1-13-17(28-18(22-13)14-5-3-2-4-6-14)19(25)23-9-7-16(8-10-23)24-12-15(11-21-24)20(26)27/h2-6,11-12,16H,7-10H2,1H3,(H,26,27). The quantitative estimate of drug-likeness (QED) is 0.729. The number of carbonyl (C=O) groups excluding carboxylic acids is 1. The predicted molar refractivity (Wildman–Crippen MR) is 106 cm³/mol. The summed E-state index contributed by atoms with van der Waals surface area (Å²) in [5.74, 6) is -0.962. The van der Waals surface area contributed by atoms with Crippen molar-refractivity contribution in [3.05, 3.63) is 58.9 Å². The monoisotopic (exact) mass is 396 g/mol. The van der Waals surface area contributed by atoms with Crippen molar-refractivity contribution in [1.82, 2.24) is 19.7 Å². The van der Waals surface area contributed by atoms with Crippen molar-refractivity contribution in [2.45, 2.75) is 25.8 Å². The number of amides is 1. The number of hydrogen-bond acceptors (Lipinski definition) is 5. The van der Waals surface area contributed by atoms with Gasteiger partial charge in [0, 0.05) is 24.8 Å². The molecule has 0 radical (unpaired) electrons. The van der Waals surface area contributed by atoms with E-state index in [1.54, 1.807) is 10.9 Å². The summed E-state index contributed by atoms with van der Waals surface area (Å²) in [6.45, 7) is 3.10. The number of aromatic carboxylic acids is 1. The number of aromatic nitrogens is 3. The van der Waals surface area contributed by atoms with E-state index in [0.29, 0.717) is 18.0 Å². The van der Waals surface area contributed by atoms with Crippen LogP contribution in [-0.2, 0) is 0 Å². The lowest BCUT2D eigenvalue weighted by Gasteiger charge is -2.31. The molecule has 3 heterocycles. The molecule has 1 amide bonds. The van der Waals surface area contributed by atoms with Crippen molar-refractivity contribution >= 4 is 23.2 Å². The van der Waals surface area contributed by atoms with Crippen LogP contribution in [-0.4, -0.2) is 49.7 Å². The minimum atomic E-state index is -0.978. The minimum Gasteiger partial charge on any atom is -0.478 e. The number of likely N-dealkylation sites (tertiary alicyclic amines) is 1. The average Bonchev–Trinajstić information content (AvgIpc) is 3.36. The Hall–Kier alpha value is -3.00. The van der Waals surface area contributed by atoms with Gasteiger partial charge in [-0.3, -0.25) is 9.48 Å². The van der Waals surface area contributed by atoms with Crippen LogP contribution in [0.15, 0.2) is 42.7 Å². The first-order valence-electron chi connectivity index (χ1n) is 9.12. The number of hydrogen-bond donors (Lipinski definition) is 1. The summed E-state index contributed by atoms with van der Waals surface area (Å²) in [5, 5.41) is 14.1. The van der Waals surface area contributed by atoms with Crippen LogP contribution in [0.5, 0.6) is 0 Å². The molecule has 1 aliphatic heterocycles. The predicted octanol–water partition coefficient (Wildman–Crippen LogP) is 3.49. The molecule has 0 unspecified atom stereocenters. The topological polar surface area (TPSA) is 88.3 Å². The van der Waals surface area contributed by atoms with Gasteiger partial charge in [0.2, 0.25) is 0 Å². The van der Waals surface area contributed by atoms with Gasteiger partial charge >= 0.3 is 5.97 Å². The fourth-order valence-corrected chi connectivity index (χ4v) is 4.46. The molecule has 1 aromatic carbocycles. The van der Waals surface area contributed by atoms with E-state index in [9.17, 15) is 9.59 Å². The number of aryl methyl sites for hydroxylation is 1. The van der Waals surface area contributed by atoms with Gasteiger partial charge in [-0.25, -0.2) is 9.78 Å². The highest BCUT2D eigenvalue weighted by Gasteiger charge is 2.28.